The van der Waals surface area contributed by atoms with Gasteiger partial charge in [0.05, 0.1) is 17.1 Å². The first-order valence-electron chi connectivity index (χ1n) is 6.27. The minimum Gasteiger partial charge on any atom is -0.481 e. The Balaban J connectivity index is 2.31. The molecule has 0 aliphatic carbocycles. The van der Waals surface area contributed by atoms with Gasteiger partial charge in [0.2, 0.25) is 0 Å². The molecule has 1 heterocycles. The second-order valence-corrected chi connectivity index (χ2v) is 5.10. The molecule has 110 valence electrons. The fourth-order valence-corrected chi connectivity index (χ4v) is 2.59. The number of carbonyl (C=O) groups is 1. The molecule has 1 saturated heterocycles. The van der Waals surface area contributed by atoms with Crippen LogP contribution in [0.15, 0.2) is 24.3 Å². The van der Waals surface area contributed by atoms with Crippen LogP contribution in [0.1, 0.15) is 24.5 Å². The van der Waals surface area contributed by atoms with Crippen LogP contribution in [0.5, 0.6) is 0 Å². The molecule has 2 unspecified atom stereocenters. The molecule has 1 fully saturated rings. The number of aliphatic carboxylic acids is 1. The van der Waals surface area contributed by atoms with E-state index in [1.165, 1.54) is 12.1 Å². The van der Waals surface area contributed by atoms with Crippen molar-refractivity contribution in [2.75, 3.05) is 6.61 Å². The van der Waals surface area contributed by atoms with Crippen LogP contribution >= 0.6 is 0 Å². The largest absolute Gasteiger partial charge is 0.481 e. The van der Waals surface area contributed by atoms with E-state index in [-0.39, 0.29) is 6.42 Å². The molecule has 20 heavy (non-hydrogen) atoms. The zero-order valence-electron chi connectivity index (χ0n) is 10.9. The Morgan fingerprint density at radius 3 is 2.70 bits per heavy atom. The molecule has 1 aromatic rings. The average molecular weight is 288 g/mol. The second-order valence-electron chi connectivity index (χ2n) is 5.10. The summed E-state index contributed by atoms with van der Waals surface area (Å²) in [5.41, 5.74) is -1.55. The van der Waals surface area contributed by atoms with Crippen molar-refractivity contribution in [3.63, 3.8) is 0 Å². The van der Waals surface area contributed by atoms with Crippen LogP contribution in [-0.4, -0.2) is 23.8 Å². The number of benzene rings is 1. The molecule has 1 N–H and O–H groups in total. The fraction of sp³-hybridized carbons (Fsp3) is 0.500. The predicted octanol–water partition coefficient (Wildman–Crippen LogP) is 3.13. The van der Waals surface area contributed by atoms with Gasteiger partial charge in [-0.3, -0.25) is 4.79 Å². The highest BCUT2D eigenvalue weighted by atomic mass is 19.4. The van der Waals surface area contributed by atoms with Crippen molar-refractivity contribution in [2.24, 2.45) is 5.41 Å². The fourth-order valence-electron chi connectivity index (χ4n) is 2.59. The van der Waals surface area contributed by atoms with E-state index in [1.54, 1.807) is 6.92 Å². The summed E-state index contributed by atoms with van der Waals surface area (Å²) in [7, 11) is 0. The first-order valence-corrected chi connectivity index (χ1v) is 6.27. The maximum absolute atomic E-state index is 12.7. The van der Waals surface area contributed by atoms with Crippen LogP contribution in [-0.2, 0) is 22.1 Å². The molecule has 2 rings (SSSR count). The molecular formula is C14H15F3O3. The highest BCUT2D eigenvalue weighted by molar-refractivity contribution is 5.76. The number of carboxylic acids is 1. The summed E-state index contributed by atoms with van der Waals surface area (Å²) in [5, 5.41) is 9.42. The van der Waals surface area contributed by atoms with Crippen LogP contribution in [0.25, 0.3) is 0 Å². The van der Waals surface area contributed by atoms with Crippen LogP contribution in [0, 0.1) is 5.41 Å². The highest BCUT2D eigenvalue weighted by Gasteiger charge is 2.48. The summed E-state index contributed by atoms with van der Waals surface area (Å²) < 4.78 is 43.3. The van der Waals surface area contributed by atoms with E-state index in [2.05, 4.69) is 0 Å². The molecule has 0 bridgehead atoms. The van der Waals surface area contributed by atoms with Gasteiger partial charge >= 0.3 is 12.1 Å². The molecule has 1 aliphatic heterocycles. The molecular weight excluding hydrogens is 273 g/mol. The van der Waals surface area contributed by atoms with Crippen molar-refractivity contribution >= 4 is 5.97 Å². The van der Waals surface area contributed by atoms with E-state index in [0.29, 0.717) is 18.6 Å². The average Bonchev–Trinajstić information content (AvgIpc) is 2.71. The summed E-state index contributed by atoms with van der Waals surface area (Å²) in [6.07, 6.45) is -4.60. The van der Waals surface area contributed by atoms with Gasteiger partial charge in [0.1, 0.15) is 0 Å². The van der Waals surface area contributed by atoms with Gasteiger partial charge in [0.15, 0.2) is 0 Å². The van der Waals surface area contributed by atoms with Gasteiger partial charge < -0.3 is 9.84 Å². The van der Waals surface area contributed by atoms with Gasteiger partial charge in [-0.05, 0) is 31.4 Å². The number of carboxylic acid groups (broad SMARTS) is 1. The van der Waals surface area contributed by atoms with Crippen molar-refractivity contribution in [2.45, 2.75) is 32.0 Å². The quantitative estimate of drug-likeness (QED) is 0.929. The third-order valence-electron chi connectivity index (χ3n) is 3.89. The zero-order valence-corrected chi connectivity index (χ0v) is 10.9. The van der Waals surface area contributed by atoms with Crippen molar-refractivity contribution < 1.29 is 27.8 Å². The molecule has 0 saturated carbocycles. The first-order chi connectivity index (χ1) is 9.25. The minimum absolute atomic E-state index is 0.0351. The van der Waals surface area contributed by atoms with Gasteiger partial charge in [-0.1, -0.05) is 18.2 Å². The lowest BCUT2D eigenvalue weighted by Crippen LogP contribution is -2.39. The standard InChI is InChI=1S/C14H15F3O3/c1-9-13(12(18)19,5-6-20-9)8-10-3-2-4-11(7-10)14(15,16)17/h2-4,7,9H,5-6,8H2,1H3,(H,18,19). The molecule has 0 spiro atoms. The van der Waals surface area contributed by atoms with Crippen LogP contribution in [0.2, 0.25) is 0 Å². The second kappa shape index (κ2) is 5.09. The van der Waals surface area contributed by atoms with Crippen LogP contribution in [0.3, 0.4) is 0 Å². The lowest BCUT2D eigenvalue weighted by Gasteiger charge is -2.27. The molecule has 0 amide bonds. The molecule has 1 aromatic carbocycles. The molecule has 1 aliphatic rings. The molecule has 2 atom stereocenters. The summed E-state index contributed by atoms with van der Waals surface area (Å²) >= 11 is 0. The third-order valence-corrected chi connectivity index (χ3v) is 3.89. The van der Waals surface area contributed by atoms with Gasteiger partial charge in [-0.2, -0.15) is 13.2 Å². The topological polar surface area (TPSA) is 46.5 Å². The van der Waals surface area contributed by atoms with Crippen molar-refractivity contribution in [3.05, 3.63) is 35.4 Å². The Bertz CT molecular complexity index is 513. The maximum Gasteiger partial charge on any atom is 0.416 e. The van der Waals surface area contributed by atoms with Crippen molar-refractivity contribution in [1.29, 1.82) is 0 Å². The summed E-state index contributed by atoms with van der Waals surface area (Å²) in [5.74, 6) is -1.03. The SMILES string of the molecule is CC1OCCC1(Cc1cccc(C(F)(F)F)c1)C(=O)O. The van der Waals surface area contributed by atoms with Crippen LogP contribution < -0.4 is 0 Å². The number of halogens is 3. The number of rotatable bonds is 3. The molecule has 0 radical (unpaired) electrons. The maximum atomic E-state index is 12.7. The van der Waals surface area contributed by atoms with Gasteiger partial charge in [-0.25, -0.2) is 0 Å². The first kappa shape index (κ1) is 14.8. The Kier molecular flexibility index (Phi) is 3.77. The van der Waals surface area contributed by atoms with E-state index in [4.69, 9.17) is 4.74 Å². The number of hydrogen-bond donors (Lipinski definition) is 1. The Hall–Kier alpha value is -1.56. The minimum atomic E-state index is -4.43. The normalized spacial score (nSPS) is 26.7. The van der Waals surface area contributed by atoms with Gasteiger partial charge in [-0.15, -0.1) is 0 Å². The Morgan fingerprint density at radius 1 is 1.50 bits per heavy atom. The van der Waals surface area contributed by atoms with Gasteiger partial charge in [0, 0.05) is 6.61 Å². The van der Waals surface area contributed by atoms with Gasteiger partial charge in [0.25, 0.3) is 0 Å². The lowest BCUT2D eigenvalue weighted by atomic mass is 9.76. The van der Waals surface area contributed by atoms with E-state index in [1.807, 2.05) is 0 Å². The Labute approximate surface area is 114 Å². The summed E-state index contributed by atoms with van der Waals surface area (Å²) in [4.78, 5) is 11.5. The lowest BCUT2D eigenvalue weighted by molar-refractivity contribution is -0.151. The zero-order chi connectivity index (χ0) is 15.0. The number of ether oxygens (including phenoxy) is 1. The summed E-state index contributed by atoms with van der Waals surface area (Å²) in [6, 6.07) is 4.81. The molecule has 3 nitrogen and oxygen atoms in total. The number of alkyl halides is 3. The summed E-state index contributed by atoms with van der Waals surface area (Å²) in [6.45, 7) is 1.96. The van der Waals surface area contributed by atoms with E-state index < -0.39 is 29.2 Å². The van der Waals surface area contributed by atoms with Crippen molar-refractivity contribution in [3.8, 4) is 0 Å². The van der Waals surface area contributed by atoms with E-state index >= 15 is 0 Å². The van der Waals surface area contributed by atoms with Crippen molar-refractivity contribution in [1.82, 2.24) is 0 Å². The molecule has 0 aromatic heterocycles. The van der Waals surface area contributed by atoms with E-state index in [9.17, 15) is 23.1 Å². The highest BCUT2D eigenvalue weighted by Crippen LogP contribution is 2.39. The Morgan fingerprint density at radius 2 is 2.20 bits per heavy atom. The smallest absolute Gasteiger partial charge is 0.416 e. The monoisotopic (exact) mass is 288 g/mol. The molecule has 6 heteroatoms. The van der Waals surface area contributed by atoms with Crippen LogP contribution in [0.4, 0.5) is 13.2 Å². The number of hydrogen-bond acceptors (Lipinski definition) is 2. The third kappa shape index (κ3) is 2.65. The van der Waals surface area contributed by atoms with E-state index in [0.717, 1.165) is 12.1 Å². The predicted molar refractivity (Wildman–Crippen MR) is 65.2 cm³/mol.